The van der Waals surface area contributed by atoms with E-state index >= 15 is 0 Å². The summed E-state index contributed by atoms with van der Waals surface area (Å²) in [5.74, 6) is 0.663. The van der Waals surface area contributed by atoms with Crippen molar-refractivity contribution in [2.75, 3.05) is 20.2 Å². The Morgan fingerprint density at radius 3 is 2.83 bits per heavy atom. The SMILES string of the molecule is COC(=O)C1CN(Cc2nccn2Cc2ccccc2)C[C@@H](C)O1. The molecule has 0 radical (unpaired) electrons. The van der Waals surface area contributed by atoms with Crippen LogP contribution >= 0.6 is 0 Å². The van der Waals surface area contributed by atoms with Crippen LogP contribution in [0.2, 0.25) is 0 Å². The molecule has 1 saturated heterocycles. The van der Waals surface area contributed by atoms with Crippen LogP contribution in [0.3, 0.4) is 0 Å². The van der Waals surface area contributed by atoms with Crippen LogP contribution in [0.1, 0.15) is 18.3 Å². The summed E-state index contributed by atoms with van der Waals surface area (Å²) in [6.07, 6.45) is 3.26. The first kappa shape index (κ1) is 16.7. The zero-order valence-electron chi connectivity index (χ0n) is 14.1. The van der Waals surface area contributed by atoms with E-state index in [4.69, 9.17) is 9.47 Å². The molecule has 2 atom stereocenters. The maximum atomic E-state index is 11.8. The number of hydrogen-bond acceptors (Lipinski definition) is 5. The standard InChI is InChI=1S/C18H23N3O3/c1-14-10-20(12-16(24-14)18(22)23-2)13-17-19-8-9-21(17)11-15-6-4-3-5-7-15/h3-9,14,16H,10-13H2,1-2H3/t14-,16?/m1/s1. The van der Waals surface area contributed by atoms with Crippen molar-refractivity contribution in [1.82, 2.24) is 14.5 Å². The van der Waals surface area contributed by atoms with E-state index in [2.05, 4.69) is 26.6 Å². The Labute approximate surface area is 142 Å². The average molecular weight is 329 g/mol. The van der Waals surface area contributed by atoms with E-state index in [0.29, 0.717) is 13.1 Å². The van der Waals surface area contributed by atoms with Crippen LogP contribution in [0.15, 0.2) is 42.7 Å². The number of methoxy groups -OCH3 is 1. The van der Waals surface area contributed by atoms with Crippen LogP contribution in [0.5, 0.6) is 0 Å². The van der Waals surface area contributed by atoms with Gasteiger partial charge in [-0.3, -0.25) is 4.90 Å². The first-order chi connectivity index (χ1) is 11.7. The van der Waals surface area contributed by atoms with Gasteiger partial charge in [-0.1, -0.05) is 30.3 Å². The third kappa shape index (κ3) is 4.01. The molecule has 1 unspecified atom stereocenters. The smallest absolute Gasteiger partial charge is 0.336 e. The van der Waals surface area contributed by atoms with Crippen molar-refractivity contribution < 1.29 is 14.3 Å². The van der Waals surface area contributed by atoms with E-state index in [1.807, 2.05) is 37.5 Å². The minimum Gasteiger partial charge on any atom is -0.467 e. The Bertz CT molecular complexity index is 671. The Morgan fingerprint density at radius 1 is 1.29 bits per heavy atom. The minimum atomic E-state index is -0.531. The number of aromatic nitrogens is 2. The molecular weight excluding hydrogens is 306 g/mol. The van der Waals surface area contributed by atoms with Crippen molar-refractivity contribution in [1.29, 1.82) is 0 Å². The van der Waals surface area contributed by atoms with Crippen molar-refractivity contribution in [3.63, 3.8) is 0 Å². The summed E-state index contributed by atoms with van der Waals surface area (Å²) in [6.45, 7) is 4.73. The van der Waals surface area contributed by atoms with Gasteiger partial charge in [0.25, 0.3) is 0 Å². The average Bonchev–Trinajstić information content (AvgIpc) is 3.01. The lowest BCUT2D eigenvalue weighted by molar-refractivity contribution is -0.166. The van der Waals surface area contributed by atoms with Crippen molar-refractivity contribution in [2.45, 2.75) is 32.2 Å². The summed E-state index contributed by atoms with van der Waals surface area (Å²) < 4.78 is 12.6. The highest BCUT2D eigenvalue weighted by atomic mass is 16.6. The van der Waals surface area contributed by atoms with Crippen LogP contribution < -0.4 is 0 Å². The fourth-order valence-corrected chi connectivity index (χ4v) is 3.05. The number of esters is 1. The van der Waals surface area contributed by atoms with Gasteiger partial charge < -0.3 is 14.0 Å². The monoisotopic (exact) mass is 329 g/mol. The third-order valence-electron chi connectivity index (χ3n) is 4.16. The Hall–Kier alpha value is -2.18. The molecule has 6 heteroatoms. The number of benzene rings is 1. The molecule has 0 N–H and O–H groups in total. The fourth-order valence-electron chi connectivity index (χ4n) is 3.05. The lowest BCUT2D eigenvalue weighted by Gasteiger charge is -2.35. The maximum absolute atomic E-state index is 11.8. The number of nitrogens with zero attached hydrogens (tertiary/aromatic N) is 3. The Kier molecular flexibility index (Phi) is 5.27. The van der Waals surface area contributed by atoms with Gasteiger partial charge >= 0.3 is 5.97 Å². The van der Waals surface area contributed by atoms with Crippen LogP contribution in [0.25, 0.3) is 0 Å². The molecule has 0 amide bonds. The van der Waals surface area contributed by atoms with E-state index in [0.717, 1.165) is 18.9 Å². The number of imidazole rings is 1. The van der Waals surface area contributed by atoms with Gasteiger partial charge in [0.2, 0.25) is 0 Å². The molecule has 2 heterocycles. The molecule has 0 aliphatic carbocycles. The second kappa shape index (κ2) is 7.59. The summed E-state index contributed by atoms with van der Waals surface area (Å²) >= 11 is 0. The van der Waals surface area contributed by atoms with Gasteiger partial charge in [0.05, 0.1) is 19.8 Å². The van der Waals surface area contributed by atoms with E-state index in [-0.39, 0.29) is 12.1 Å². The van der Waals surface area contributed by atoms with Gasteiger partial charge in [0.15, 0.2) is 6.10 Å². The predicted octanol–water partition coefficient (Wildman–Crippen LogP) is 1.69. The largest absolute Gasteiger partial charge is 0.467 e. The zero-order valence-corrected chi connectivity index (χ0v) is 14.1. The number of rotatable bonds is 5. The number of carbonyl (C=O) groups is 1. The van der Waals surface area contributed by atoms with Gasteiger partial charge in [-0.25, -0.2) is 9.78 Å². The number of carbonyl (C=O) groups excluding carboxylic acids is 1. The van der Waals surface area contributed by atoms with Gasteiger partial charge in [0.1, 0.15) is 5.82 Å². The first-order valence-corrected chi connectivity index (χ1v) is 8.15. The van der Waals surface area contributed by atoms with Crippen molar-refractivity contribution >= 4 is 5.97 Å². The molecular formula is C18H23N3O3. The van der Waals surface area contributed by atoms with Gasteiger partial charge in [0, 0.05) is 32.0 Å². The third-order valence-corrected chi connectivity index (χ3v) is 4.16. The molecule has 1 aromatic heterocycles. The second-order valence-electron chi connectivity index (χ2n) is 6.11. The topological polar surface area (TPSA) is 56.6 Å². The molecule has 0 spiro atoms. The number of morpholine rings is 1. The molecule has 1 fully saturated rings. The zero-order chi connectivity index (χ0) is 16.9. The Balaban J connectivity index is 1.68. The molecule has 1 aliphatic heterocycles. The summed E-state index contributed by atoms with van der Waals surface area (Å²) in [4.78, 5) is 18.5. The molecule has 24 heavy (non-hydrogen) atoms. The second-order valence-corrected chi connectivity index (χ2v) is 6.11. The molecule has 1 aromatic carbocycles. The van der Waals surface area contributed by atoms with E-state index in [1.165, 1.54) is 12.7 Å². The molecule has 3 rings (SSSR count). The number of ether oxygens (including phenoxy) is 2. The summed E-state index contributed by atoms with van der Waals surface area (Å²) in [5, 5.41) is 0. The van der Waals surface area contributed by atoms with Crippen LogP contribution in [0.4, 0.5) is 0 Å². The maximum Gasteiger partial charge on any atom is 0.336 e. The Morgan fingerprint density at radius 2 is 2.08 bits per heavy atom. The fraction of sp³-hybridized carbons (Fsp3) is 0.444. The molecule has 0 bridgehead atoms. The first-order valence-electron chi connectivity index (χ1n) is 8.15. The summed E-state index contributed by atoms with van der Waals surface area (Å²) in [5.41, 5.74) is 1.24. The van der Waals surface area contributed by atoms with E-state index in [9.17, 15) is 4.79 Å². The number of hydrogen-bond donors (Lipinski definition) is 0. The minimum absolute atomic E-state index is 0.0135. The summed E-state index contributed by atoms with van der Waals surface area (Å²) in [6, 6.07) is 10.3. The van der Waals surface area contributed by atoms with E-state index in [1.54, 1.807) is 0 Å². The summed E-state index contributed by atoms with van der Waals surface area (Å²) in [7, 11) is 1.39. The van der Waals surface area contributed by atoms with Crippen LogP contribution in [-0.2, 0) is 27.4 Å². The van der Waals surface area contributed by atoms with Crippen LogP contribution in [-0.4, -0.2) is 52.8 Å². The van der Waals surface area contributed by atoms with Gasteiger partial charge in [-0.2, -0.15) is 0 Å². The van der Waals surface area contributed by atoms with Crippen molar-refractivity contribution in [3.05, 3.63) is 54.1 Å². The van der Waals surface area contributed by atoms with Crippen molar-refractivity contribution in [3.8, 4) is 0 Å². The lowest BCUT2D eigenvalue weighted by atomic mass is 10.2. The van der Waals surface area contributed by atoms with Gasteiger partial charge in [-0.05, 0) is 12.5 Å². The molecule has 2 aromatic rings. The van der Waals surface area contributed by atoms with Gasteiger partial charge in [-0.15, -0.1) is 0 Å². The molecule has 0 saturated carbocycles. The molecule has 1 aliphatic rings. The van der Waals surface area contributed by atoms with E-state index < -0.39 is 6.10 Å². The van der Waals surface area contributed by atoms with Crippen LogP contribution in [0, 0.1) is 0 Å². The quantitative estimate of drug-likeness (QED) is 0.782. The molecule has 6 nitrogen and oxygen atoms in total. The molecule has 128 valence electrons. The normalized spacial score (nSPS) is 21.6. The predicted molar refractivity (Wildman–Crippen MR) is 89.4 cm³/mol. The highest BCUT2D eigenvalue weighted by molar-refractivity contribution is 5.74. The highest BCUT2D eigenvalue weighted by Gasteiger charge is 2.31. The van der Waals surface area contributed by atoms with Crippen molar-refractivity contribution in [2.24, 2.45) is 0 Å². The highest BCUT2D eigenvalue weighted by Crippen LogP contribution is 2.15. The lowest BCUT2D eigenvalue weighted by Crippen LogP contribution is -2.49.